The molecule has 0 aliphatic carbocycles. The first-order valence-electron chi connectivity index (χ1n) is 8.06. The molecule has 1 fully saturated rings. The molecular weight excluding hydrogens is 290 g/mol. The molecule has 5 nitrogen and oxygen atoms in total. The summed E-state index contributed by atoms with van der Waals surface area (Å²) in [5, 5.41) is 12.0. The Balaban J connectivity index is 2.03. The van der Waals surface area contributed by atoms with Gasteiger partial charge in [0.25, 0.3) is 5.91 Å². The number of likely N-dealkylation sites (tertiary alicyclic amines) is 1. The van der Waals surface area contributed by atoms with Crippen LogP contribution in [0.1, 0.15) is 33.1 Å². The van der Waals surface area contributed by atoms with Crippen molar-refractivity contribution in [3.05, 3.63) is 36.0 Å². The number of carbonyl (C=O) groups is 1. The summed E-state index contributed by atoms with van der Waals surface area (Å²) in [5.74, 6) is 0.373. The fourth-order valence-electron chi connectivity index (χ4n) is 2.62. The number of nitrogens with one attached hydrogen (secondary N) is 1. The van der Waals surface area contributed by atoms with E-state index < -0.39 is 0 Å². The predicted molar refractivity (Wildman–Crippen MR) is 90.0 cm³/mol. The van der Waals surface area contributed by atoms with Gasteiger partial charge in [0.15, 0.2) is 0 Å². The molecule has 0 bridgehead atoms. The van der Waals surface area contributed by atoms with Crippen LogP contribution in [0, 0.1) is 11.3 Å². The first-order chi connectivity index (χ1) is 11.1. The molecule has 1 saturated heterocycles. The molecule has 23 heavy (non-hydrogen) atoms. The molecule has 5 heteroatoms. The van der Waals surface area contributed by atoms with Crippen LogP contribution in [-0.2, 0) is 4.79 Å². The van der Waals surface area contributed by atoms with E-state index in [2.05, 4.69) is 17.1 Å². The van der Waals surface area contributed by atoms with Crippen molar-refractivity contribution in [2.45, 2.75) is 39.2 Å². The van der Waals surface area contributed by atoms with Gasteiger partial charge in [0.05, 0.1) is 6.61 Å². The van der Waals surface area contributed by atoms with Crippen molar-refractivity contribution in [1.82, 2.24) is 4.90 Å². The maximum atomic E-state index is 12.3. The van der Waals surface area contributed by atoms with Crippen LogP contribution in [0.5, 0.6) is 5.75 Å². The Morgan fingerprint density at radius 3 is 2.78 bits per heavy atom. The highest BCUT2D eigenvalue weighted by Gasteiger charge is 2.18. The maximum absolute atomic E-state index is 12.3. The van der Waals surface area contributed by atoms with E-state index in [-0.39, 0.29) is 11.5 Å². The van der Waals surface area contributed by atoms with Crippen molar-refractivity contribution >= 4 is 11.6 Å². The monoisotopic (exact) mass is 313 g/mol. The third-order valence-electron chi connectivity index (χ3n) is 3.94. The fourth-order valence-corrected chi connectivity index (χ4v) is 2.62. The van der Waals surface area contributed by atoms with Crippen LogP contribution < -0.4 is 10.1 Å². The number of benzene rings is 1. The molecule has 0 radical (unpaired) electrons. The van der Waals surface area contributed by atoms with Gasteiger partial charge >= 0.3 is 0 Å². The summed E-state index contributed by atoms with van der Waals surface area (Å²) in [4.78, 5) is 14.4. The summed E-state index contributed by atoms with van der Waals surface area (Å²) in [6.07, 6.45) is 5.08. The van der Waals surface area contributed by atoms with Gasteiger partial charge in [0.2, 0.25) is 0 Å². The SMILES string of the molecule is CCOc1ccc(NC(=O)/C(C#N)=C\N2CCCCC2C)cc1. The highest BCUT2D eigenvalue weighted by molar-refractivity contribution is 6.06. The van der Waals surface area contributed by atoms with Crippen molar-refractivity contribution in [2.75, 3.05) is 18.5 Å². The molecule has 1 N–H and O–H groups in total. The summed E-state index contributed by atoms with van der Waals surface area (Å²) in [5.41, 5.74) is 0.777. The first kappa shape index (κ1) is 16.9. The van der Waals surface area contributed by atoms with Gasteiger partial charge in [0, 0.05) is 24.5 Å². The van der Waals surface area contributed by atoms with E-state index in [1.165, 1.54) is 6.42 Å². The zero-order chi connectivity index (χ0) is 16.7. The molecule has 1 unspecified atom stereocenters. The fraction of sp³-hybridized carbons (Fsp3) is 0.444. The van der Waals surface area contributed by atoms with Crippen LogP contribution in [0.3, 0.4) is 0 Å². The lowest BCUT2D eigenvalue weighted by atomic mass is 10.0. The zero-order valence-electron chi connectivity index (χ0n) is 13.7. The summed E-state index contributed by atoms with van der Waals surface area (Å²) < 4.78 is 5.36. The average molecular weight is 313 g/mol. The molecule has 1 aliphatic heterocycles. The number of amides is 1. The number of anilines is 1. The predicted octanol–water partition coefficient (Wildman–Crippen LogP) is 3.31. The number of carbonyl (C=O) groups excluding carboxylic acids is 1. The third-order valence-corrected chi connectivity index (χ3v) is 3.94. The minimum Gasteiger partial charge on any atom is -0.494 e. The lowest BCUT2D eigenvalue weighted by molar-refractivity contribution is -0.112. The van der Waals surface area contributed by atoms with Crippen LogP contribution >= 0.6 is 0 Å². The third kappa shape index (κ3) is 4.75. The molecule has 0 saturated carbocycles. The molecule has 1 aliphatic rings. The summed E-state index contributed by atoms with van der Waals surface area (Å²) in [7, 11) is 0. The zero-order valence-corrected chi connectivity index (χ0v) is 13.7. The standard InChI is InChI=1S/C18H23N3O2/c1-3-23-17-9-7-16(8-10-17)20-18(22)15(12-19)13-21-11-5-4-6-14(21)2/h7-10,13-14H,3-6,11H2,1-2H3,(H,20,22)/b15-13-. The van der Waals surface area contributed by atoms with Gasteiger partial charge < -0.3 is 15.0 Å². The maximum Gasteiger partial charge on any atom is 0.267 e. The highest BCUT2D eigenvalue weighted by atomic mass is 16.5. The number of rotatable bonds is 5. The van der Waals surface area contributed by atoms with Crippen molar-refractivity contribution < 1.29 is 9.53 Å². The number of piperidine rings is 1. The summed E-state index contributed by atoms with van der Waals surface area (Å²) >= 11 is 0. The minimum atomic E-state index is -0.380. The van der Waals surface area contributed by atoms with Crippen molar-refractivity contribution in [3.63, 3.8) is 0 Å². The second-order valence-corrected chi connectivity index (χ2v) is 5.65. The van der Waals surface area contributed by atoms with Gasteiger partial charge in [-0.2, -0.15) is 5.26 Å². The number of nitrogens with zero attached hydrogens (tertiary/aromatic N) is 2. The Morgan fingerprint density at radius 1 is 1.43 bits per heavy atom. The van der Waals surface area contributed by atoms with E-state index in [1.807, 2.05) is 13.0 Å². The second kappa shape index (κ2) is 8.23. The van der Waals surface area contributed by atoms with Gasteiger partial charge in [0.1, 0.15) is 17.4 Å². The molecule has 2 rings (SSSR count). The van der Waals surface area contributed by atoms with Crippen molar-refractivity contribution in [1.29, 1.82) is 5.26 Å². The van der Waals surface area contributed by atoms with E-state index in [0.717, 1.165) is 25.1 Å². The number of ether oxygens (including phenoxy) is 1. The van der Waals surface area contributed by atoms with Crippen LogP contribution in [0.4, 0.5) is 5.69 Å². The summed E-state index contributed by atoms with van der Waals surface area (Å²) in [6.45, 7) is 5.53. The second-order valence-electron chi connectivity index (χ2n) is 5.65. The Hall–Kier alpha value is -2.48. The largest absolute Gasteiger partial charge is 0.494 e. The Kier molecular flexibility index (Phi) is 6.04. The number of hydrogen-bond acceptors (Lipinski definition) is 4. The van der Waals surface area contributed by atoms with Crippen LogP contribution in [0.15, 0.2) is 36.0 Å². The van der Waals surface area contributed by atoms with Gasteiger partial charge in [-0.3, -0.25) is 4.79 Å². The average Bonchev–Trinajstić information content (AvgIpc) is 2.56. The Morgan fingerprint density at radius 2 is 2.17 bits per heavy atom. The van der Waals surface area contributed by atoms with E-state index in [1.54, 1.807) is 30.5 Å². The molecule has 1 aromatic rings. The first-order valence-corrected chi connectivity index (χ1v) is 8.06. The quantitative estimate of drug-likeness (QED) is 0.669. The van der Waals surface area contributed by atoms with Crippen molar-refractivity contribution in [2.24, 2.45) is 0 Å². The molecule has 1 heterocycles. The molecule has 1 amide bonds. The number of nitriles is 1. The van der Waals surface area contributed by atoms with E-state index in [9.17, 15) is 10.1 Å². The number of hydrogen-bond donors (Lipinski definition) is 1. The Labute approximate surface area is 137 Å². The molecule has 1 atom stereocenters. The molecule has 0 spiro atoms. The Bertz CT molecular complexity index is 602. The van der Waals surface area contributed by atoms with Crippen LogP contribution in [0.25, 0.3) is 0 Å². The van der Waals surface area contributed by atoms with E-state index in [0.29, 0.717) is 18.3 Å². The molecule has 1 aromatic carbocycles. The van der Waals surface area contributed by atoms with Crippen molar-refractivity contribution in [3.8, 4) is 11.8 Å². The van der Waals surface area contributed by atoms with Gasteiger partial charge in [-0.05, 0) is 57.4 Å². The van der Waals surface area contributed by atoms with Gasteiger partial charge in [-0.25, -0.2) is 0 Å². The van der Waals surface area contributed by atoms with E-state index in [4.69, 9.17) is 4.74 Å². The minimum absolute atomic E-state index is 0.132. The lowest BCUT2D eigenvalue weighted by Crippen LogP contribution is -2.34. The lowest BCUT2D eigenvalue weighted by Gasteiger charge is -2.32. The van der Waals surface area contributed by atoms with E-state index >= 15 is 0 Å². The molecular formula is C18H23N3O2. The van der Waals surface area contributed by atoms with Crippen LogP contribution in [0.2, 0.25) is 0 Å². The van der Waals surface area contributed by atoms with Gasteiger partial charge in [-0.15, -0.1) is 0 Å². The molecule has 0 aromatic heterocycles. The smallest absolute Gasteiger partial charge is 0.267 e. The van der Waals surface area contributed by atoms with Gasteiger partial charge in [-0.1, -0.05) is 0 Å². The topological polar surface area (TPSA) is 65.4 Å². The highest BCUT2D eigenvalue weighted by Crippen LogP contribution is 2.19. The normalized spacial score (nSPS) is 18.2. The summed E-state index contributed by atoms with van der Waals surface area (Å²) in [6, 6.07) is 9.49. The van der Waals surface area contributed by atoms with Crippen LogP contribution in [-0.4, -0.2) is 30.0 Å². The molecule has 122 valence electrons.